The van der Waals surface area contributed by atoms with Crippen LogP contribution in [-0.4, -0.2) is 7.05 Å². The molecule has 0 spiro atoms. The lowest BCUT2D eigenvalue weighted by molar-refractivity contribution is 0.378. The third kappa shape index (κ3) is 2.27. The minimum atomic E-state index is -0.0637. The molecule has 1 nitrogen and oxygen atoms in total. The summed E-state index contributed by atoms with van der Waals surface area (Å²) in [5, 5.41) is 3.28. The molecule has 1 unspecified atom stereocenters. The summed E-state index contributed by atoms with van der Waals surface area (Å²) >= 11 is 0. The van der Waals surface area contributed by atoms with Crippen molar-refractivity contribution in [1.29, 1.82) is 0 Å². The zero-order valence-corrected chi connectivity index (χ0v) is 10.1. The lowest BCUT2D eigenvalue weighted by Gasteiger charge is -2.24. The summed E-state index contributed by atoms with van der Waals surface area (Å²) in [5.41, 5.74) is 1.82. The summed E-state index contributed by atoms with van der Waals surface area (Å²) in [6.07, 6.45) is 5.02. The van der Waals surface area contributed by atoms with E-state index in [2.05, 4.69) is 5.32 Å². The molecule has 16 heavy (non-hydrogen) atoms. The number of hydrogen-bond acceptors (Lipinski definition) is 1. The first-order valence-electron chi connectivity index (χ1n) is 6.15. The first kappa shape index (κ1) is 11.6. The fourth-order valence-corrected chi connectivity index (χ4v) is 2.82. The van der Waals surface area contributed by atoms with E-state index in [1.54, 1.807) is 6.07 Å². The average molecular weight is 221 g/mol. The van der Waals surface area contributed by atoms with Gasteiger partial charge in [-0.1, -0.05) is 25.0 Å². The molecule has 1 aromatic carbocycles. The molecule has 0 aromatic heterocycles. The molecule has 1 aliphatic rings. The van der Waals surface area contributed by atoms with Gasteiger partial charge in [0, 0.05) is 11.6 Å². The standard InChI is InChI=1S/C14H20FN/c1-10-7-8-12(13(15)9-10)14(16-2)11-5-3-4-6-11/h7-9,11,14,16H,3-6H2,1-2H3. The Morgan fingerprint density at radius 2 is 2.00 bits per heavy atom. The van der Waals surface area contributed by atoms with E-state index in [1.807, 2.05) is 26.1 Å². The van der Waals surface area contributed by atoms with E-state index < -0.39 is 0 Å². The van der Waals surface area contributed by atoms with E-state index in [0.29, 0.717) is 5.92 Å². The zero-order valence-electron chi connectivity index (χ0n) is 10.1. The lowest BCUT2D eigenvalue weighted by Crippen LogP contribution is -2.24. The van der Waals surface area contributed by atoms with Crippen LogP contribution in [0.3, 0.4) is 0 Å². The Labute approximate surface area is 97.1 Å². The topological polar surface area (TPSA) is 12.0 Å². The van der Waals surface area contributed by atoms with Crippen LogP contribution >= 0.6 is 0 Å². The Kier molecular flexibility index (Phi) is 3.59. The van der Waals surface area contributed by atoms with Crippen LogP contribution in [-0.2, 0) is 0 Å². The van der Waals surface area contributed by atoms with Crippen LogP contribution in [0.1, 0.15) is 42.9 Å². The maximum Gasteiger partial charge on any atom is 0.128 e. The number of nitrogens with one attached hydrogen (secondary N) is 1. The second-order valence-electron chi connectivity index (χ2n) is 4.84. The minimum absolute atomic E-state index is 0.0637. The second kappa shape index (κ2) is 4.96. The normalized spacial score (nSPS) is 18.9. The highest BCUT2D eigenvalue weighted by Gasteiger charge is 2.26. The highest BCUT2D eigenvalue weighted by Crippen LogP contribution is 2.36. The Bertz CT molecular complexity index is 356. The Hall–Kier alpha value is -0.890. The molecule has 0 aliphatic heterocycles. The fourth-order valence-electron chi connectivity index (χ4n) is 2.82. The van der Waals surface area contributed by atoms with Gasteiger partial charge in [-0.15, -0.1) is 0 Å². The van der Waals surface area contributed by atoms with Gasteiger partial charge in [-0.2, -0.15) is 0 Å². The molecule has 2 rings (SSSR count). The van der Waals surface area contributed by atoms with Gasteiger partial charge in [0.2, 0.25) is 0 Å². The van der Waals surface area contributed by atoms with Crippen molar-refractivity contribution in [1.82, 2.24) is 5.32 Å². The molecule has 2 heteroatoms. The number of benzene rings is 1. The fraction of sp³-hybridized carbons (Fsp3) is 0.571. The monoisotopic (exact) mass is 221 g/mol. The molecule has 0 bridgehead atoms. The zero-order chi connectivity index (χ0) is 11.5. The van der Waals surface area contributed by atoms with Crippen molar-refractivity contribution >= 4 is 0 Å². The summed E-state index contributed by atoms with van der Waals surface area (Å²) in [5.74, 6) is 0.536. The molecule has 1 atom stereocenters. The van der Waals surface area contributed by atoms with E-state index >= 15 is 0 Å². The van der Waals surface area contributed by atoms with Gasteiger partial charge in [-0.3, -0.25) is 0 Å². The third-order valence-corrected chi connectivity index (χ3v) is 3.67. The number of hydrogen-bond donors (Lipinski definition) is 1. The summed E-state index contributed by atoms with van der Waals surface area (Å²) in [7, 11) is 1.93. The molecule has 1 aromatic rings. The summed E-state index contributed by atoms with van der Waals surface area (Å²) < 4.78 is 13.9. The quantitative estimate of drug-likeness (QED) is 0.822. The Balaban J connectivity index is 2.25. The third-order valence-electron chi connectivity index (χ3n) is 3.67. The highest BCUT2D eigenvalue weighted by atomic mass is 19.1. The van der Waals surface area contributed by atoms with Gasteiger partial charge in [0.05, 0.1) is 0 Å². The van der Waals surface area contributed by atoms with E-state index in [1.165, 1.54) is 25.7 Å². The first-order chi connectivity index (χ1) is 7.72. The number of halogens is 1. The van der Waals surface area contributed by atoms with Gasteiger partial charge >= 0.3 is 0 Å². The van der Waals surface area contributed by atoms with Crippen molar-refractivity contribution < 1.29 is 4.39 Å². The summed E-state index contributed by atoms with van der Waals surface area (Å²) in [6.45, 7) is 1.93. The van der Waals surface area contributed by atoms with Crippen molar-refractivity contribution in [2.45, 2.75) is 38.6 Å². The summed E-state index contributed by atoms with van der Waals surface area (Å²) in [4.78, 5) is 0. The summed E-state index contributed by atoms with van der Waals surface area (Å²) in [6, 6.07) is 5.75. The molecule has 0 amide bonds. The molecular weight excluding hydrogens is 201 g/mol. The van der Waals surface area contributed by atoms with Crippen LogP contribution in [0.25, 0.3) is 0 Å². The Morgan fingerprint density at radius 3 is 2.56 bits per heavy atom. The van der Waals surface area contributed by atoms with Crippen molar-refractivity contribution in [2.75, 3.05) is 7.05 Å². The Morgan fingerprint density at radius 1 is 1.31 bits per heavy atom. The molecule has 88 valence electrons. The van der Waals surface area contributed by atoms with Crippen molar-refractivity contribution in [3.63, 3.8) is 0 Å². The predicted octanol–water partition coefficient (Wildman–Crippen LogP) is 3.58. The molecule has 0 radical (unpaired) electrons. The molecule has 1 saturated carbocycles. The minimum Gasteiger partial charge on any atom is -0.313 e. The van der Waals surface area contributed by atoms with Crippen LogP contribution in [0.15, 0.2) is 18.2 Å². The van der Waals surface area contributed by atoms with Gasteiger partial charge in [0.15, 0.2) is 0 Å². The maximum absolute atomic E-state index is 13.9. The first-order valence-corrected chi connectivity index (χ1v) is 6.15. The highest BCUT2D eigenvalue weighted by molar-refractivity contribution is 5.26. The van der Waals surface area contributed by atoms with E-state index in [0.717, 1.165) is 11.1 Å². The molecule has 1 N–H and O–H groups in total. The lowest BCUT2D eigenvalue weighted by atomic mass is 9.91. The van der Waals surface area contributed by atoms with Gasteiger partial charge in [0.1, 0.15) is 5.82 Å². The van der Waals surface area contributed by atoms with Crippen molar-refractivity contribution in [3.05, 3.63) is 35.1 Å². The molecule has 1 aliphatic carbocycles. The molecule has 0 saturated heterocycles. The van der Waals surface area contributed by atoms with Gasteiger partial charge in [0.25, 0.3) is 0 Å². The van der Waals surface area contributed by atoms with Crippen LogP contribution < -0.4 is 5.32 Å². The molecule has 0 heterocycles. The van der Waals surface area contributed by atoms with Gasteiger partial charge in [-0.05, 0) is 44.4 Å². The van der Waals surface area contributed by atoms with Gasteiger partial charge < -0.3 is 5.32 Å². The largest absolute Gasteiger partial charge is 0.313 e. The molecular formula is C14H20FN. The van der Waals surface area contributed by atoms with Crippen molar-refractivity contribution in [2.24, 2.45) is 5.92 Å². The van der Waals surface area contributed by atoms with E-state index in [4.69, 9.17) is 0 Å². The van der Waals surface area contributed by atoms with Crippen LogP contribution in [0.5, 0.6) is 0 Å². The molecule has 1 fully saturated rings. The van der Waals surface area contributed by atoms with Gasteiger partial charge in [-0.25, -0.2) is 4.39 Å². The van der Waals surface area contributed by atoms with Crippen molar-refractivity contribution in [3.8, 4) is 0 Å². The van der Waals surface area contributed by atoms with Crippen LogP contribution in [0.4, 0.5) is 4.39 Å². The predicted molar refractivity (Wildman–Crippen MR) is 64.9 cm³/mol. The number of rotatable bonds is 3. The SMILES string of the molecule is CNC(c1ccc(C)cc1F)C1CCCC1. The average Bonchev–Trinajstić information content (AvgIpc) is 2.75. The number of aryl methyl sites for hydroxylation is 1. The van der Waals surface area contributed by atoms with Crippen LogP contribution in [0.2, 0.25) is 0 Å². The smallest absolute Gasteiger partial charge is 0.128 e. The van der Waals surface area contributed by atoms with E-state index in [9.17, 15) is 4.39 Å². The maximum atomic E-state index is 13.9. The second-order valence-corrected chi connectivity index (χ2v) is 4.84. The van der Waals surface area contributed by atoms with Crippen LogP contribution in [0, 0.1) is 18.7 Å². The van der Waals surface area contributed by atoms with E-state index in [-0.39, 0.29) is 11.9 Å².